The highest BCUT2D eigenvalue weighted by atomic mass is 32.2. The van der Waals surface area contributed by atoms with Crippen LogP contribution in [0.1, 0.15) is 37.8 Å². The van der Waals surface area contributed by atoms with Crippen molar-refractivity contribution in [3.8, 4) is 0 Å². The van der Waals surface area contributed by atoms with Crippen LogP contribution in [0.4, 0.5) is 5.13 Å². The number of anilines is 1. The first-order valence-electron chi connectivity index (χ1n) is 9.84. The fourth-order valence-corrected chi connectivity index (χ4v) is 4.85. The molecule has 0 saturated carbocycles. The molecule has 1 N–H and O–H groups in total. The van der Waals surface area contributed by atoms with Crippen molar-refractivity contribution in [1.29, 1.82) is 0 Å². The van der Waals surface area contributed by atoms with Gasteiger partial charge in [0.25, 0.3) is 0 Å². The molecule has 28 heavy (non-hydrogen) atoms. The molecule has 0 atom stereocenters. The molecule has 1 aromatic carbocycles. The van der Waals surface area contributed by atoms with Crippen molar-refractivity contribution in [3.63, 3.8) is 0 Å². The molecule has 0 unspecified atom stereocenters. The maximum absolute atomic E-state index is 12.5. The number of aromatic nitrogens is 2. The van der Waals surface area contributed by atoms with Crippen LogP contribution in [0.15, 0.2) is 28.6 Å². The number of carbonyl (C=O) groups excluding carboxylic acids is 1. The molecule has 0 bridgehead atoms. The van der Waals surface area contributed by atoms with Gasteiger partial charge in [-0.3, -0.25) is 9.69 Å². The van der Waals surface area contributed by atoms with Gasteiger partial charge in [-0.1, -0.05) is 61.2 Å². The number of hydrogen-bond donors (Lipinski definition) is 1. The van der Waals surface area contributed by atoms with E-state index in [1.54, 1.807) is 0 Å². The van der Waals surface area contributed by atoms with Gasteiger partial charge in [-0.15, -0.1) is 10.2 Å². The maximum Gasteiger partial charge on any atom is 0.233 e. The van der Waals surface area contributed by atoms with Gasteiger partial charge >= 0.3 is 0 Å². The average molecular weight is 420 g/mol. The maximum atomic E-state index is 12.5. The average Bonchev–Trinajstić information content (AvgIpc) is 3.15. The summed E-state index contributed by atoms with van der Waals surface area (Å²) in [5.74, 6) is 1.18. The molecular weight excluding hydrogens is 390 g/mol. The number of nitrogens with one attached hydrogen (secondary N) is 1. The molecule has 0 spiro atoms. The molecule has 8 heteroatoms. The Morgan fingerprint density at radius 1 is 1.18 bits per heavy atom. The Kier molecular flexibility index (Phi) is 7.70. The van der Waals surface area contributed by atoms with Gasteiger partial charge < -0.3 is 10.2 Å². The van der Waals surface area contributed by atoms with Crippen molar-refractivity contribution in [2.75, 3.05) is 43.8 Å². The first-order valence-corrected chi connectivity index (χ1v) is 11.6. The number of benzene rings is 1. The van der Waals surface area contributed by atoms with E-state index < -0.39 is 0 Å². The molecule has 6 nitrogen and oxygen atoms in total. The van der Waals surface area contributed by atoms with Crippen LogP contribution in [-0.4, -0.2) is 64.4 Å². The van der Waals surface area contributed by atoms with Crippen LogP contribution in [0.5, 0.6) is 0 Å². The summed E-state index contributed by atoms with van der Waals surface area (Å²) in [5, 5.41) is 12.1. The van der Waals surface area contributed by atoms with Crippen molar-refractivity contribution in [3.05, 3.63) is 35.4 Å². The number of hydrogen-bond acceptors (Lipinski definition) is 7. The molecule has 0 radical (unpaired) electrons. The van der Waals surface area contributed by atoms with Gasteiger partial charge in [0.15, 0.2) is 4.34 Å². The summed E-state index contributed by atoms with van der Waals surface area (Å²) in [6, 6.07) is 8.91. The fourth-order valence-electron chi connectivity index (χ4n) is 3.13. The van der Waals surface area contributed by atoms with Gasteiger partial charge in [0.1, 0.15) is 0 Å². The van der Waals surface area contributed by atoms with Crippen LogP contribution in [-0.2, 0) is 11.3 Å². The summed E-state index contributed by atoms with van der Waals surface area (Å²) in [4.78, 5) is 16.9. The van der Waals surface area contributed by atoms with Crippen molar-refractivity contribution in [2.45, 2.75) is 37.6 Å². The highest BCUT2D eigenvalue weighted by Gasteiger charge is 2.21. The quantitative estimate of drug-likeness (QED) is 0.661. The van der Waals surface area contributed by atoms with Crippen molar-refractivity contribution in [2.24, 2.45) is 0 Å². The summed E-state index contributed by atoms with van der Waals surface area (Å²) in [7, 11) is 0. The topological polar surface area (TPSA) is 61.4 Å². The Bertz CT molecular complexity index is 754. The Morgan fingerprint density at radius 2 is 1.89 bits per heavy atom. The van der Waals surface area contributed by atoms with Gasteiger partial charge in [-0.05, 0) is 24.0 Å². The van der Waals surface area contributed by atoms with E-state index in [2.05, 4.69) is 58.5 Å². The second-order valence-corrected chi connectivity index (χ2v) is 9.45. The molecule has 0 aliphatic carbocycles. The highest BCUT2D eigenvalue weighted by Crippen LogP contribution is 2.25. The minimum absolute atomic E-state index is 0.186. The van der Waals surface area contributed by atoms with Crippen molar-refractivity contribution < 1.29 is 4.79 Å². The molecule has 1 aliphatic heterocycles. The second kappa shape index (κ2) is 10.2. The van der Waals surface area contributed by atoms with Gasteiger partial charge in [-0.2, -0.15) is 0 Å². The third-order valence-corrected chi connectivity index (χ3v) is 6.83. The van der Waals surface area contributed by atoms with E-state index in [4.69, 9.17) is 0 Å². The third kappa shape index (κ3) is 5.93. The smallest absolute Gasteiger partial charge is 0.233 e. The van der Waals surface area contributed by atoms with E-state index in [1.807, 2.05) is 11.8 Å². The van der Waals surface area contributed by atoms with E-state index in [0.717, 1.165) is 48.7 Å². The normalized spacial score (nSPS) is 15.2. The van der Waals surface area contributed by atoms with Crippen LogP contribution in [0.3, 0.4) is 0 Å². The van der Waals surface area contributed by atoms with Gasteiger partial charge in [-0.25, -0.2) is 0 Å². The zero-order valence-electron chi connectivity index (χ0n) is 16.9. The monoisotopic (exact) mass is 419 g/mol. The third-order valence-electron chi connectivity index (χ3n) is 4.83. The SMILES string of the molecule is CCNc1nnc(SCC(=O)N2CCN(Cc3ccc(C(C)C)cc3)CC2)s1. The lowest BCUT2D eigenvalue weighted by Gasteiger charge is -2.34. The number of nitrogens with zero attached hydrogens (tertiary/aromatic N) is 4. The van der Waals surface area contributed by atoms with Gasteiger partial charge in [0.2, 0.25) is 11.0 Å². The molecule has 1 aromatic heterocycles. The molecule has 152 valence electrons. The van der Waals surface area contributed by atoms with Gasteiger partial charge in [0.05, 0.1) is 5.75 Å². The van der Waals surface area contributed by atoms with E-state index in [9.17, 15) is 4.79 Å². The number of piperazine rings is 1. The molecule has 2 heterocycles. The highest BCUT2D eigenvalue weighted by molar-refractivity contribution is 8.01. The van der Waals surface area contributed by atoms with E-state index in [0.29, 0.717) is 11.7 Å². The number of thioether (sulfide) groups is 1. The van der Waals surface area contributed by atoms with Crippen LogP contribution in [0.2, 0.25) is 0 Å². The Hall–Kier alpha value is -1.64. The Morgan fingerprint density at radius 3 is 2.54 bits per heavy atom. The Labute approximate surface area is 175 Å². The first kappa shape index (κ1) is 21.1. The molecule has 1 saturated heterocycles. The number of amides is 1. The zero-order valence-corrected chi connectivity index (χ0v) is 18.5. The second-order valence-electron chi connectivity index (χ2n) is 7.25. The summed E-state index contributed by atoms with van der Waals surface area (Å²) in [6.45, 7) is 11.7. The van der Waals surface area contributed by atoms with Crippen LogP contribution < -0.4 is 5.32 Å². The molecule has 1 amide bonds. The van der Waals surface area contributed by atoms with Crippen molar-refractivity contribution >= 4 is 34.1 Å². The summed E-state index contributed by atoms with van der Waals surface area (Å²) >= 11 is 2.98. The van der Waals surface area contributed by atoms with E-state index >= 15 is 0 Å². The number of rotatable bonds is 8. The minimum atomic E-state index is 0.186. The lowest BCUT2D eigenvalue weighted by Crippen LogP contribution is -2.48. The zero-order chi connectivity index (χ0) is 19.9. The molecule has 2 aromatic rings. The summed E-state index contributed by atoms with van der Waals surface area (Å²) < 4.78 is 0.841. The standard InChI is InChI=1S/C20H29N5OS2/c1-4-21-19-22-23-20(28-19)27-14-18(26)25-11-9-24(10-12-25)13-16-5-7-17(8-6-16)15(2)3/h5-8,15H,4,9-14H2,1-3H3,(H,21,22). The summed E-state index contributed by atoms with van der Waals surface area (Å²) in [5.41, 5.74) is 2.72. The predicted molar refractivity (Wildman–Crippen MR) is 117 cm³/mol. The Balaban J connectivity index is 1.40. The predicted octanol–water partition coefficient (Wildman–Crippen LogP) is 3.53. The molecule has 1 aliphatic rings. The number of carbonyl (C=O) groups is 1. The van der Waals surface area contributed by atoms with Gasteiger partial charge in [0, 0.05) is 39.3 Å². The van der Waals surface area contributed by atoms with E-state index in [-0.39, 0.29) is 5.91 Å². The van der Waals surface area contributed by atoms with Crippen LogP contribution in [0, 0.1) is 0 Å². The fraction of sp³-hybridized carbons (Fsp3) is 0.550. The lowest BCUT2D eigenvalue weighted by molar-refractivity contribution is -0.130. The summed E-state index contributed by atoms with van der Waals surface area (Å²) in [6.07, 6.45) is 0. The van der Waals surface area contributed by atoms with Crippen molar-refractivity contribution in [1.82, 2.24) is 20.0 Å². The molecule has 3 rings (SSSR count). The van der Waals surface area contributed by atoms with Crippen LogP contribution in [0.25, 0.3) is 0 Å². The lowest BCUT2D eigenvalue weighted by atomic mass is 10.0. The molecule has 1 fully saturated rings. The van der Waals surface area contributed by atoms with Crippen LogP contribution >= 0.6 is 23.1 Å². The first-order chi connectivity index (χ1) is 13.5. The molecular formula is C20H29N5OS2. The minimum Gasteiger partial charge on any atom is -0.360 e. The van der Waals surface area contributed by atoms with E-state index in [1.165, 1.54) is 34.2 Å². The largest absolute Gasteiger partial charge is 0.360 e.